The monoisotopic (exact) mass is 520 g/mol. The Kier molecular flexibility index (Phi) is 7.05. The lowest BCUT2D eigenvalue weighted by Crippen LogP contribution is -2.66. The van der Waals surface area contributed by atoms with Gasteiger partial charge in [0, 0.05) is 0 Å². The van der Waals surface area contributed by atoms with Crippen molar-refractivity contribution in [2.45, 2.75) is 42.6 Å². The van der Waals surface area contributed by atoms with Gasteiger partial charge < -0.3 is 9.84 Å². The van der Waals surface area contributed by atoms with Crippen LogP contribution in [0.4, 0.5) is 65.9 Å². The third-order valence-electron chi connectivity index (χ3n) is 4.18. The molecular weight excluding hydrogens is 513 g/mol. The standard InChI is InChI=1S/C15H7F15O3/c16-11(17,18)9(12(19,20)21,13(22,23)24)7(6-4-2-1-3-5-6)33-8(31)10(32,14(25,26)27)15(28,29)30/h1-5,7,32H. The van der Waals surface area contributed by atoms with E-state index in [0.717, 1.165) is 6.07 Å². The van der Waals surface area contributed by atoms with E-state index in [-0.39, 0.29) is 12.1 Å². The second kappa shape index (κ2) is 8.12. The molecule has 0 aliphatic carbocycles. The molecule has 1 atom stereocenters. The highest BCUT2D eigenvalue weighted by molar-refractivity contribution is 5.82. The van der Waals surface area contributed by atoms with Crippen molar-refractivity contribution in [2.75, 3.05) is 0 Å². The molecule has 190 valence electrons. The predicted octanol–water partition coefficient (Wildman–Crippen LogP) is 5.80. The van der Waals surface area contributed by atoms with E-state index < -0.39 is 59.5 Å². The summed E-state index contributed by atoms with van der Waals surface area (Å²) in [5, 5.41) is 8.85. The van der Waals surface area contributed by atoms with Crippen LogP contribution in [0.1, 0.15) is 11.7 Å². The molecule has 0 saturated heterocycles. The van der Waals surface area contributed by atoms with Gasteiger partial charge in [-0.05, 0) is 5.56 Å². The minimum Gasteiger partial charge on any atom is -0.453 e. The summed E-state index contributed by atoms with van der Waals surface area (Å²) >= 11 is 0. The zero-order valence-corrected chi connectivity index (χ0v) is 14.9. The van der Waals surface area contributed by atoms with Crippen molar-refractivity contribution >= 4 is 5.97 Å². The van der Waals surface area contributed by atoms with Gasteiger partial charge in [-0.25, -0.2) is 4.79 Å². The van der Waals surface area contributed by atoms with Gasteiger partial charge in [0.15, 0.2) is 6.10 Å². The van der Waals surface area contributed by atoms with Crippen molar-refractivity contribution in [2.24, 2.45) is 5.41 Å². The van der Waals surface area contributed by atoms with Crippen molar-refractivity contribution < 1.29 is 80.5 Å². The Balaban J connectivity index is 4.03. The van der Waals surface area contributed by atoms with Gasteiger partial charge in [-0.1, -0.05) is 30.3 Å². The minimum atomic E-state index is -7.54. The lowest BCUT2D eigenvalue weighted by Gasteiger charge is -2.44. The van der Waals surface area contributed by atoms with Crippen LogP contribution < -0.4 is 0 Å². The fraction of sp³-hybridized carbons (Fsp3) is 0.533. The fourth-order valence-electron chi connectivity index (χ4n) is 2.55. The van der Waals surface area contributed by atoms with E-state index in [1.54, 1.807) is 0 Å². The Bertz CT molecular complexity index is 780. The van der Waals surface area contributed by atoms with Crippen molar-refractivity contribution in [3.8, 4) is 0 Å². The topological polar surface area (TPSA) is 46.5 Å². The van der Waals surface area contributed by atoms with Gasteiger partial charge in [-0.3, -0.25) is 0 Å². The molecule has 0 aromatic heterocycles. The van der Waals surface area contributed by atoms with Gasteiger partial charge in [0.1, 0.15) is 0 Å². The molecule has 33 heavy (non-hydrogen) atoms. The number of carbonyl (C=O) groups excluding carboxylic acids is 1. The molecule has 0 spiro atoms. The largest absolute Gasteiger partial charge is 0.453 e. The van der Waals surface area contributed by atoms with Gasteiger partial charge >= 0.3 is 42.5 Å². The van der Waals surface area contributed by atoms with Crippen molar-refractivity contribution in [3.05, 3.63) is 35.9 Å². The molecule has 1 N–H and O–H groups in total. The predicted molar refractivity (Wildman–Crippen MR) is 72.9 cm³/mol. The van der Waals surface area contributed by atoms with Crippen molar-refractivity contribution in [1.82, 2.24) is 0 Å². The lowest BCUT2D eigenvalue weighted by atomic mass is 9.76. The number of halogens is 15. The number of aliphatic hydroxyl groups is 1. The summed E-state index contributed by atoms with van der Waals surface area (Å²) in [6.07, 6.45) is -41.9. The maximum absolute atomic E-state index is 13.4. The Labute approximate surface area is 171 Å². The summed E-state index contributed by atoms with van der Waals surface area (Å²) in [6.45, 7) is 0. The van der Waals surface area contributed by atoms with E-state index in [9.17, 15) is 70.7 Å². The highest BCUT2D eigenvalue weighted by Gasteiger charge is 2.88. The molecule has 0 bridgehead atoms. The average Bonchev–Trinajstić information content (AvgIpc) is 2.55. The summed E-state index contributed by atoms with van der Waals surface area (Å²) in [5.41, 5.74) is -15.9. The van der Waals surface area contributed by atoms with Crippen LogP contribution >= 0.6 is 0 Å². The molecule has 1 unspecified atom stereocenters. The van der Waals surface area contributed by atoms with E-state index in [4.69, 9.17) is 5.11 Å². The molecule has 3 nitrogen and oxygen atoms in total. The zero-order valence-electron chi connectivity index (χ0n) is 14.9. The molecule has 0 heterocycles. The van der Waals surface area contributed by atoms with Crippen LogP contribution in [0.15, 0.2) is 30.3 Å². The molecule has 0 fully saturated rings. The summed E-state index contributed by atoms with van der Waals surface area (Å²) < 4.78 is 200. The molecule has 1 aromatic rings. The number of benzene rings is 1. The maximum atomic E-state index is 13.4. The molecule has 1 aromatic carbocycles. The van der Waals surface area contributed by atoms with Crippen LogP contribution in [0.3, 0.4) is 0 Å². The summed E-state index contributed by atoms with van der Waals surface area (Å²) in [7, 11) is 0. The number of hydrogen-bond acceptors (Lipinski definition) is 3. The van der Waals surface area contributed by atoms with Crippen LogP contribution in [0.2, 0.25) is 0 Å². The Morgan fingerprint density at radius 2 is 0.970 bits per heavy atom. The number of rotatable bonds is 4. The average molecular weight is 520 g/mol. The molecule has 0 amide bonds. The second-order valence-corrected chi connectivity index (χ2v) is 6.20. The van der Waals surface area contributed by atoms with Gasteiger partial charge in [-0.15, -0.1) is 0 Å². The maximum Gasteiger partial charge on any atom is 0.437 e. The van der Waals surface area contributed by atoms with Gasteiger partial charge in [-0.2, -0.15) is 65.9 Å². The molecule has 18 heteroatoms. The fourth-order valence-corrected chi connectivity index (χ4v) is 2.55. The van der Waals surface area contributed by atoms with Gasteiger partial charge in [0.05, 0.1) is 0 Å². The highest BCUT2D eigenvalue weighted by Crippen LogP contribution is 2.66. The van der Waals surface area contributed by atoms with Gasteiger partial charge in [0.2, 0.25) is 0 Å². The first-order chi connectivity index (χ1) is 14.4. The quantitative estimate of drug-likeness (QED) is 0.404. The van der Waals surface area contributed by atoms with E-state index in [0.29, 0.717) is 12.1 Å². The molecule has 0 aliphatic heterocycles. The van der Waals surface area contributed by atoms with E-state index in [1.165, 1.54) is 0 Å². The Morgan fingerprint density at radius 1 is 0.636 bits per heavy atom. The van der Waals surface area contributed by atoms with Crippen LogP contribution in [0.25, 0.3) is 0 Å². The first-order valence-corrected chi connectivity index (χ1v) is 7.69. The van der Waals surface area contributed by atoms with Crippen molar-refractivity contribution in [1.29, 1.82) is 0 Å². The second-order valence-electron chi connectivity index (χ2n) is 6.20. The molecular formula is C15H7F15O3. The number of alkyl halides is 15. The number of ether oxygens (including phenoxy) is 1. The first-order valence-electron chi connectivity index (χ1n) is 7.69. The molecule has 1 rings (SSSR count). The van der Waals surface area contributed by atoms with E-state index in [2.05, 4.69) is 4.74 Å². The molecule has 0 saturated carbocycles. The number of hydrogen-bond donors (Lipinski definition) is 1. The van der Waals surface area contributed by atoms with Crippen LogP contribution in [-0.4, -0.2) is 47.6 Å². The highest BCUT2D eigenvalue weighted by atomic mass is 19.4. The lowest BCUT2D eigenvalue weighted by molar-refractivity contribution is -0.451. The van der Waals surface area contributed by atoms with E-state index >= 15 is 0 Å². The third kappa shape index (κ3) is 4.52. The summed E-state index contributed by atoms with van der Waals surface area (Å²) in [6, 6.07) is 1.64. The smallest absolute Gasteiger partial charge is 0.437 e. The van der Waals surface area contributed by atoms with E-state index in [1.807, 2.05) is 0 Å². The van der Waals surface area contributed by atoms with Crippen LogP contribution in [0, 0.1) is 5.41 Å². The van der Waals surface area contributed by atoms with Gasteiger partial charge in [0.25, 0.3) is 5.41 Å². The first kappa shape index (κ1) is 28.6. The molecule has 0 radical (unpaired) electrons. The van der Waals surface area contributed by atoms with Crippen LogP contribution in [-0.2, 0) is 9.53 Å². The number of esters is 1. The normalized spacial score (nSPS) is 15.9. The minimum absolute atomic E-state index is 0.0177. The molecule has 0 aliphatic rings. The third-order valence-corrected chi connectivity index (χ3v) is 4.18. The Hall–Kier alpha value is -2.40. The summed E-state index contributed by atoms with van der Waals surface area (Å²) in [5.74, 6) is -4.31. The van der Waals surface area contributed by atoms with Crippen LogP contribution in [0.5, 0.6) is 0 Å². The zero-order chi connectivity index (χ0) is 26.5. The summed E-state index contributed by atoms with van der Waals surface area (Å²) in [4.78, 5) is 11.6. The number of carbonyl (C=O) groups is 1. The SMILES string of the molecule is O=C(OC(c1ccccc1)C(C(F)(F)F)(C(F)(F)F)C(F)(F)F)C(O)(C(F)(F)F)C(F)(F)F. The Morgan fingerprint density at radius 3 is 1.24 bits per heavy atom. The van der Waals surface area contributed by atoms with Crippen molar-refractivity contribution in [3.63, 3.8) is 0 Å².